The molecule has 3 rings (SSSR count). The topological polar surface area (TPSA) is 141 Å². The van der Waals surface area contributed by atoms with Gasteiger partial charge in [0.2, 0.25) is 30.9 Å². The Bertz CT molecular complexity index is 1290. The van der Waals surface area contributed by atoms with Crippen LogP contribution in [0.25, 0.3) is 11.0 Å². The molecule has 1 heterocycles. The second-order valence-corrected chi connectivity index (χ2v) is 9.75. The van der Waals surface area contributed by atoms with Crippen molar-refractivity contribution >= 4 is 42.5 Å². The molecule has 3 aromatic rings. The summed E-state index contributed by atoms with van der Waals surface area (Å²) in [5.41, 5.74) is 1.61. The molecule has 1 aromatic heterocycles. The van der Waals surface area contributed by atoms with Crippen LogP contribution in [0, 0.1) is 6.92 Å². The van der Waals surface area contributed by atoms with Crippen LogP contribution in [-0.2, 0) is 31.2 Å². The maximum atomic E-state index is 12.5. The number of sulfone groups is 1. The van der Waals surface area contributed by atoms with Crippen LogP contribution in [0.15, 0.2) is 52.5 Å². The van der Waals surface area contributed by atoms with Gasteiger partial charge in [0.15, 0.2) is 0 Å². The molecule has 0 saturated carbocycles. The zero-order valence-corrected chi connectivity index (χ0v) is 16.7. The number of para-hydroxylation sites is 2. The van der Waals surface area contributed by atoms with Gasteiger partial charge in [-0.2, -0.15) is 0 Å². The highest BCUT2D eigenvalue weighted by atomic mass is 32.2. The Morgan fingerprint density at radius 3 is 2.46 bits per heavy atom. The Hall–Kier alpha value is -2.76. The number of benzene rings is 2. The Labute approximate surface area is 162 Å². The van der Waals surface area contributed by atoms with E-state index in [0.717, 1.165) is 6.26 Å². The molecule has 28 heavy (non-hydrogen) atoms. The van der Waals surface area contributed by atoms with Crippen molar-refractivity contribution < 1.29 is 21.6 Å². The van der Waals surface area contributed by atoms with Crippen molar-refractivity contribution in [3.8, 4) is 0 Å². The van der Waals surface area contributed by atoms with E-state index in [-0.39, 0.29) is 22.3 Å². The lowest BCUT2D eigenvalue weighted by molar-refractivity contribution is -0.116. The quantitative estimate of drug-likeness (QED) is 0.629. The van der Waals surface area contributed by atoms with E-state index in [2.05, 4.69) is 10.3 Å². The first-order valence-corrected chi connectivity index (χ1v) is 11.5. The van der Waals surface area contributed by atoms with Crippen LogP contribution >= 0.6 is 0 Å². The van der Waals surface area contributed by atoms with Gasteiger partial charge in [0.1, 0.15) is 6.54 Å². The molecule has 9 nitrogen and oxygen atoms in total. The molecule has 0 radical (unpaired) electrons. The summed E-state index contributed by atoms with van der Waals surface area (Å²) in [6.45, 7) is 1.27. The van der Waals surface area contributed by atoms with E-state index in [9.17, 15) is 21.6 Å². The van der Waals surface area contributed by atoms with Gasteiger partial charge >= 0.3 is 0 Å². The Kier molecular flexibility index (Phi) is 5.00. The second-order valence-electron chi connectivity index (χ2n) is 6.31. The standard InChI is InChI=1S/C17H18N4O5S2/c1-11-7-8-12(9-15(11)28(18,25)26)19-16(22)10-21-14-6-4-3-5-13(14)20-17(21)27(2,23)24/h3-9H,10H2,1-2H3,(H,19,22)(H2,18,25,26). The number of aromatic nitrogens is 2. The summed E-state index contributed by atoms with van der Waals surface area (Å²) in [6.07, 6.45) is 1.01. The summed E-state index contributed by atoms with van der Waals surface area (Å²) in [4.78, 5) is 16.5. The average molecular weight is 422 g/mol. The lowest BCUT2D eigenvalue weighted by atomic mass is 10.2. The number of anilines is 1. The SMILES string of the molecule is Cc1ccc(NC(=O)Cn2c(S(C)(=O)=O)nc3ccccc32)cc1S(N)(=O)=O. The van der Waals surface area contributed by atoms with Crippen LogP contribution in [0.5, 0.6) is 0 Å². The summed E-state index contributed by atoms with van der Waals surface area (Å²) in [6, 6.07) is 11.0. The number of rotatable bonds is 5. The fourth-order valence-electron chi connectivity index (χ4n) is 2.82. The lowest BCUT2D eigenvalue weighted by Crippen LogP contribution is -2.22. The molecule has 0 spiro atoms. The van der Waals surface area contributed by atoms with Gasteiger partial charge in [0, 0.05) is 11.9 Å². The van der Waals surface area contributed by atoms with Gasteiger partial charge in [-0.1, -0.05) is 18.2 Å². The van der Waals surface area contributed by atoms with Crippen molar-refractivity contribution in [3.05, 3.63) is 48.0 Å². The van der Waals surface area contributed by atoms with Crippen molar-refractivity contribution in [1.29, 1.82) is 0 Å². The molecule has 148 valence electrons. The molecule has 11 heteroatoms. The number of imidazole rings is 1. The van der Waals surface area contributed by atoms with Crippen LogP contribution in [0.3, 0.4) is 0 Å². The molecular formula is C17H18N4O5S2. The third kappa shape index (κ3) is 4.06. The number of carbonyl (C=O) groups is 1. The summed E-state index contributed by atoms with van der Waals surface area (Å²) in [7, 11) is -7.61. The number of aryl methyl sites for hydroxylation is 1. The van der Waals surface area contributed by atoms with E-state index in [1.807, 2.05) is 0 Å². The smallest absolute Gasteiger partial charge is 0.244 e. The average Bonchev–Trinajstić information content (AvgIpc) is 2.94. The summed E-state index contributed by atoms with van der Waals surface area (Å²) < 4.78 is 48.7. The van der Waals surface area contributed by atoms with Crippen LogP contribution < -0.4 is 10.5 Å². The van der Waals surface area contributed by atoms with E-state index in [1.54, 1.807) is 31.2 Å². The van der Waals surface area contributed by atoms with E-state index in [4.69, 9.17) is 5.14 Å². The van der Waals surface area contributed by atoms with E-state index < -0.39 is 25.8 Å². The van der Waals surface area contributed by atoms with Crippen molar-refractivity contribution in [2.75, 3.05) is 11.6 Å². The highest BCUT2D eigenvalue weighted by Gasteiger charge is 2.21. The number of fused-ring (bicyclic) bond motifs is 1. The molecule has 0 aliphatic carbocycles. The van der Waals surface area contributed by atoms with Gasteiger partial charge in [-0.15, -0.1) is 0 Å². The van der Waals surface area contributed by atoms with Crippen molar-refractivity contribution in [2.24, 2.45) is 5.14 Å². The van der Waals surface area contributed by atoms with Gasteiger partial charge in [0.05, 0.1) is 15.9 Å². The predicted octanol–water partition coefficient (Wildman–Crippen LogP) is 1.03. The van der Waals surface area contributed by atoms with E-state index in [0.29, 0.717) is 16.6 Å². The first-order valence-electron chi connectivity index (χ1n) is 8.05. The number of hydrogen-bond acceptors (Lipinski definition) is 6. The third-order valence-electron chi connectivity index (χ3n) is 4.03. The summed E-state index contributed by atoms with van der Waals surface area (Å²) >= 11 is 0. The lowest BCUT2D eigenvalue weighted by Gasteiger charge is -2.11. The second kappa shape index (κ2) is 7.00. The maximum absolute atomic E-state index is 12.5. The van der Waals surface area contributed by atoms with Gasteiger partial charge < -0.3 is 9.88 Å². The monoisotopic (exact) mass is 422 g/mol. The molecule has 0 bridgehead atoms. The van der Waals surface area contributed by atoms with E-state index in [1.165, 1.54) is 22.8 Å². The number of carbonyl (C=O) groups excluding carboxylic acids is 1. The normalized spacial score (nSPS) is 12.2. The summed E-state index contributed by atoms with van der Waals surface area (Å²) in [5, 5.41) is 7.51. The molecule has 0 fully saturated rings. The van der Waals surface area contributed by atoms with Crippen LogP contribution in [0.4, 0.5) is 5.69 Å². The molecule has 2 aromatic carbocycles. The number of primary sulfonamides is 1. The molecule has 0 atom stereocenters. The number of sulfonamides is 1. The third-order valence-corrected chi connectivity index (χ3v) is 6.06. The predicted molar refractivity (Wildman–Crippen MR) is 104 cm³/mol. The van der Waals surface area contributed by atoms with Crippen molar-refractivity contribution in [3.63, 3.8) is 0 Å². The number of nitrogens with zero attached hydrogens (tertiary/aromatic N) is 2. The van der Waals surface area contributed by atoms with E-state index >= 15 is 0 Å². The Morgan fingerprint density at radius 2 is 1.82 bits per heavy atom. The van der Waals surface area contributed by atoms with Crippen LogP contribution in [-0.4, -0.2) is 38.5 Å². The van der Waals surface area contributed by atoms with Crippen molar-refractivity contribution in [1.82, 2.24) is 9.55 Å². The first kappa shape index (κ1) is 20.0. The van der Waals surface area contributed by atoms with Crippen LogP contribution in [0.2, 0.25) is 0 Å². The largest absolute Gasteiger partial charge is 0.324 e. The maximum Gasteiger partial charge on any atom is 0.244 e. The molecule has 0 aliphatic rings. The van der Waals surface area contributed by atoms with Gasteiger partial charge in [-0.25, -0.2) is 27.0 Å². The molecule has 0 unspecified atom stereocenters. The fraction of sp³-hybridized carbons (Fsp3) is 0.176. The van der Waals surface area contributed by atoms with Gasteiger partial charge in [-0.05, 0) is 36.8 Å². The van der Waals surface area contributed by atoms with Crippen molar-refractivity contribution in [2.45, 2.75) is 23.5 Å². The summed E-state index contributed by atoms with van der Waals surface area (Å²) in [5.74, 6) is -0.544. The number of nitrogens with two attached hydrogens (primary N) is 1. The molecule has 0 saturated heterocycles. The molecule has 0 aliphatic heterocycles. The highest BCUT2D eigenvalue weighted by Crippen LogP contribution is 2.21. The molecule has 3 N–H and O–H groups in total. The van der Waals surface area contributed by atoms with Gasteiger partial charge in [0.25, 0.3) is 0 Å². The number of amides is 1. The van der Waals surface area contributed by atoms with Gasteiger partial charge in [-0.3, -0.25) is 4.79 Å². The highest BCUT2D eigenvalue weighted by molar-refractivity contribution is 7.90. The Balaban J connectivity index is 1.95. The molecular weight excluding hydrogens is 404 g/mol. The van der Waals surface area contributed by atoms with Crippen LogP contribution in [0.1, 0.15) is 5.56 Å². The fourth-order valence-corrected chi connectivity index (χ4v) is 4.45. The minimum atomic E-state index is -3.94. The zero-order valence-electron chi connectivity index (χ0n) is 15.1. The zero-order chi connectivity index (χ0) is 20.7. The number of hydrogen-bond donors (Lipinski definition) is 2. The minimum Gasteiger partial charge on any atom is -0.324 e. The number of nitrogens with one attached hydrogen (secondary N) is 1. The first-order chi connectivity index (χ1) is 13.0. The Morgan fingerprint density at radius 1 is 1.14 bits per heavy atom. The minimum absolute atomic E-state index is 0.102. The molecule has 1 amide bonds.